The molecule has 0 unspecified atom stereocenters. The first-order chi connectivity index (χ1) is 6.81. The number of carbonyl (C=O) groups is 1. The summed E-state index contributed by atoms with van der Waals surface area (Å²) in [6.45, 7) is 1.05. The number of hydrogen-bond acceptors (Lipinski definition) is 3. The van der Waals surface area contributed by atoms with Crippen molar-refractivity contribution in [3.63, 3.8) is 0 Å². The Morgan fingerprint density at radius 1 is 1.36 bits per heavy atom. The molecular formula is C10H9FO3. The second-order valence-corrected chi connectivity index (χ2v) is 2.97. The van der Waals surface area contributed by atoms with E-state index in [0.717, 1.165) is 0 Å². The number of benzene rings is 1. The highest BCUT2D eigenvalue weighted by Gasteiger charge is 2.19. The molecule has 0 bridgehead atoms. The lowest BCUT2D eigenvalue weighted by Crippen LogP contribution is -2.00. The van der Waals surface area contributed by atoms with E-state index in [1.165, 1.54) is 12.1 Å². The highest BCUT2D eigenvalue weighted by atomic mass is 19.1. The van der Waals surface area contributed by atoms with E-state index < -0.39 is 12.1 Å². The predicted molar refractivity (Wildman–Crippen MR) is 46.4 cm³/mol. The fraction of sp³-hybridized carbons (Fsp3) is 0.300. The normalized spacial score (nSPS) is 17.2. The van der Waals surface area contributed by atoms with Gasteiger partial charge in [0.2, 0.25) is 0 Å². The SMILES string of the molecule is O=Cc1cc(C2OCCO2)ccc1F. The number of hydrogen-bond donors (Lipinski definition) is 0. The molecule has 0 saturated carbocycles. The van der Waals surface area contributed by atoms with Crippen LogP contribution in [0.1, 0.15) is 22.2 Å². The Balaban J connectivity index is 2.30. The molecule has 0 N–H and O–H groups in total. The van der Waals surface area contributed by atoms with Crippen LogP contribution in [0.4, 0.5) is 4.39 Å². The summed E-state index contributed by atoms with van der Waals surface area (Å²) in [4.78, 5) is 10.5. The average molecular weight is 196 g/mol. The number of ether oxygens (including phenoxy) is 2. The van der Waals surface area contributed by atoms with Gasteiger partial charge < -0.3 is 9.47 Å². The Kier molecular flexibility index (Phi) is 2.56. The Bertz CT molecular complexity index is 345. The summed E-state index contributed by atoms with van der Waals surface area (Å²) in [6, 6.07) is 4.24. The molecule has 14 heavy (non-hydrogen) atoms. The molecule has 0 aromatic heterocycles. The molecule has 1 aliphatic heterocycles. The quantitative estimate of drug-likeness (QED) is 0.675. The number of halogens is 1. The highest BCUT2D eigenvalue weighted by molar-refractivity contribution is 5.75. The molecular weight excluding hydrogens is 187 g/mol. The second-order valence-electron chi connectivity index (χ2n) is 2.97. The standard InChI is InChI=1S/C10H9FO3/c11-9-2-1-7(5-8(9)6-12)10-13-3-4-14-10/h1-2,5-6,10H,3-4H2. The van der Waals surface area contributed by atoms with Crippen molar-refractivity contribution >= 4 is 6.29 Å². The van der Waals surface area contributed by atoms with Crippen LogP contribution in [0.5, 0.6) is 0 Å². The molecule has 0 amide bonds. The molecule has 1 aromatic rings. The van der Waals surface area contributed by atoms with Crippen molar-refractivity contribution in [3.05, 3.63) is 35.1 Å². The molecule has 74 valence electrons. The molecule has 1 fully saturated rings. The van der Waals surface area contributed by atoms with E-state index >= 15 is 0 Å². The Hall–Kier alpha value is -1.26. The van der Waals surface area contributed by atoms with Crippen LogP contribution in [0.2, 0.25) is 0 Å². The van der Waals surface area contributed by atoms with Crippen LogP contribution in [0.3, 0.4) is 0 Å². The highest BCUT2D eigenvalue weighted by Crippen LogP contribution is 2.24. The minimum atomic E-state index is -0.526. The topological polar surface area (TPSA) is 35.5 Å². The first kappa shape index (κ1) is 9.30. The van der Waals surface area contributed by atoms with E-state index in [0.29, 0.717) is 25.1 Å². The van der Waals surface area contributed by atoms with Gasteiger partial charge in [-0.1, -0.05) is 6.07 Å². The van der Waals surface area contributed by atoms with Gasteiger partial charge in [-0.15, -0.1) is 0 Å². The van der Waals surface area contributed by atoms with Crippen LogP contribution in [0.15, 0.2) is 18.2 Å². The third kappa shape index (κ3) is 1.66. The van der Waals surface area contributed by atoms with Gasteiger partial charge in [-0.2, -0.15) is 0 Å². The molecule has 1 aliphatic rings. The third-order valence-electron chi connectivity index (χ3n) is 2.04. The van der Waals surface area contributed by atoms with Crippen LogP contribution in [0, 0.1) is 5.82 Å². The summed E-state index contributed by atoms with van der Waals surface area (Å²) in [5.74, 6) is -0.526. The minimum absolute atomic E-state index is 0.0293. The van der Waals surface area contributed by atoms with Crippen LogP contribution in [0.25, 0.3) is 0 Å². The van der Waals surface area contributed by atoms with Gasteiger partial charge in [-0.05, 0) is 12.1 Å². The maximum Gasteiger partial charge on any atom is 0.184 e. The van der Waals surface area contributed by atoms with Crippen molar-refractivity contribution in [2.75, 3.05) is 13.2 Å². The first-order valence-electron chi connectivity index (χ1n) is 4.29. The fourth-order valence-electron chi connectivity index (χ4n) is 1.35. The Morgan fingerprint density at radius 3 is 2.71 bits per heavy atom. The summed E-state index contributed by atoms with van der Waals surface area (Å²) in [5, 5.41) is 0. The van der Waals surface area contributed by atoms with Crippen molar-refractivity contribution in [1.29, 1.82) is 0 Å². The van der Waals surface area contributed by atoms with Gasteiger partial charge in [0.05, 0.1) is 18.8 Å². The smallest absolute Gasteiger partial charge is 0.184 e. The van der Waals surface area contributed by atoms with Gasteiger partial charge >= 0.3 is 0 Å². The molecule has 1 saturated heterocycles. The zero-order valence-corrected chi connectivity index (χ0v) is 7.40. The molecule has 0 aliphatic carbocycles. The predicted octanol–water partition coefficient (Wildman–Crippen LogP) is 1.68. The van der Waals surface area contributed by atoms with Crippen molar-refractivity contribution in [3.8, 4) is 0 Å². The van der Waals surface area contributed by atoms with Gasteiger partial charge in [0.25, 0.3) is 0 Å². The van der Waals surface area contributed by atoms with Crippen molar-refractivity contribution in [1.82, 2.24) is 0 Å². The summed E-state index contributed by atoms with van der Waals surface area (Å²) in [7, 11) is 0. The summed E-state index contributed by atoms with van der Waals surface area (Å²) < 4.78 is 23.4. The van der Waals surface area contributed by atoms with Gasteiger partial charge in [0.15, 0.2) is 12.6 Å². The Labute approximate surface area is 80.4 Å². The van der Waals surface area contributed by atoms with Crippen molar-refractivity contribution in [2.45, 2.75) is 6.29 Å². The molecule has 0 spiro atoms. The van der Waals surface area contributed by atoms with E-state index in [1.807, 2.05) is 0 Å². The average Bonchev–Trinajstić information content (AvgIpc) is 2.71. The van der Waals surface area contributed by atoms with Crippen molar-refractivity contribution in [2.24, 2.45) is 0 Å². The van der Waals surface area contributed by atoms with Gasteiger partial charge in [-0.25, -0.2) is 4.39 Å². The molecule has 3 nitrogen and oxygen atoms in total. The lowest BCUT2D eigenvalue weighted by Gasteiger charge is -2.09. The van der Waals surface area contributed by atoms with Crippen molar-refractivity contribution < 1.29 is 18.7 Å². The lowest BCUT2D eigenvalue weighted by molar-refractivity contribution is -0.0441. The molecule has 0 radical (unpaired) electrons. The largest absolute Gasteiger partial charge is 0.346 e. The van der Waals surface area contributed by atoms with Gasteiger partial charge in [0.1, 0.15) is 5.82 Å². The zero-order valence-electron chi connectivity index (χ0n) is 7.40. The molecule has 2 rings (SSSR count). The Morgan fingerprint density at radius 2 is 2.07 bits per heavy atom. The van der Waals surface area contributed by atoms with E-state index in [1.54, 1.807) is 6.07 Å². The maximum absolute atomic E-state index is 12.9. The lowest BCUT2D eigenvalue weighted by atomic mass is 10.1. The molecule has 4 heteroatoms. The summed E-state index contributed by atoms with van der Waals surface area (Å²) >= 11 is 0. The summed E-state index contributed by atoms with van der Waals surface area (Å²) in [5.41, 5.74) is 0.701. The van der Waals surface area contributed by atoms with E-state index in [9.17, 15) is 9.18 Å². The second kappa shape index (κ2) is 3.86. The van der Waals surface area contributed by atoms with E-state index in [4.69, 9.17) is 9.47 Å². The molecule has 1 heterocycles. The van der Waals surface area contributed by atoms with Crippen LogP contribution in [-0.4, -0.2) is 19.5 Å². The van der Waals surface area contributed by atoms with Crippen LogP contribution >= 0.6 is 0 Å². The number of aldehydes is 1. The third-order valence-corrected chi connectivity index (χ3v) is 2.04. The van der Waals surface area contributed by atoms with Gasteiger partial charge in [-0.3, -0.25) is 4.79 Å². The summed E-state index contributed by atoms with van der Waals surface area (Å²) in [6.07, 6.45) is 0.0163. The number of carbonyl (C=O) groups excluding carboxylic acids is 1. The van der Waals surface area contributed by atoms with Gasteiger partial charge in [0, 0.05) is 5.56 Å². The molecule has 0 atom stereocenters. The number of rotatable bonds is 2. The fourth-order valence-corrected chi connectivity index (χ4v) is 1.35. The first-order valence-corrected chi connectivity index (χ1v) is 4.29. The van der Waals surface area contributed by atoms with Crippen LogP contribution < -0.4 is 0 Å². The maximum atomic E-state index is 12.9. The van der Waals surface area contributed by atoms with E-state index in [2.05, 4.69) is 0 Å². The van der Waals surface area contributed by atoms with E-state index in [-0.39, 0.29) is 5.56 Å². The minimum Gasteiger partial charge on any atom is -0.346 e. The molecule has 1 aromatic carbocycles. The zero-order chi connectivity index (χ0) is 9.97. The monoisotopic (exact) mass is 196 g/mol. The van der Waals surface area contributed by atoms with Crippen LogP contribution in [-0.2, 0) is 9.47 Å².